The lowest BCUT2D eigenvalue weighted by Crippen LogP contribution is -3.17. The Morgan fingerprint density at radius 3 is 2.67 bits per heavy atom. The highest BCUT2D eigenvalue weighted by atomic mass is 16.3. The lowest BCUT2D eigenvalue weighted by Gasteiger charge is -2.36. The Labute approximate surface area is 93.9 Å². The molecule has 1 rings (SSSR count). The first kappa shape index (κ1) is 12.9. The summed E-state index contributed by atoms with van der Waals surface area (Å²) in [6.45, 7) is 8.43. The maximum Gasteiger partial charge on any atom is 0.109 e. The number of quaternary nitrogens is 2. The molecule has 90 valence electrons. The van der Waals surface area contributed by atoms with Gasteiger partial charge in [-0.2, -0.15) is 0 Å². The largest absolute Gasteiger partial charge is 0.390 e. The van der Waals surface area contributed by atoms with Crippen molar-refractivity contribution in [2.24, 2.45) is 5.92 Å². The Hall–Kier alpha value is -0.120. The molecule has 0 bridgehead atoms. The van der Waals surface area contributed by atoms with E-state index in [0.717, 1.165) is 18.4 Å². The Balaban J connectivity index is 2.47. The van der Waals surface area contributed by atoms with Crippen LogP contribution in [0.15, 0.2) is 0 Å². The van der Waals surface area contributed by atoms with Crippen molar-refractivity contribution in [3.8, 4) is 0 Å². The maximum absolute atomic E-state index is 9.22. The van der Waals surface area contributed by atoms with Gasteiger partial charge in [-0.25, -0.2) is 0 Å². The lowest BCUT2D eigenvalue weighted by molar-refractivity contribution is -0.924. The van der Waals surface area contributed by atoms with Crippen molar-refractivity contribution in [2.45, 2.75) is 51.7 Å². The summed E-state index contributed by atoms with van der Waals surface area (Å²) < 4.78 is 0. The van der Waals surface area contributed by atoms with Crippen LogP contribution in [0.2, 0.25) is 0 Å². The average molecular weight is 216 g/mol. The van der Waals surface area contributed by atoms with Gasteiger partial charge in [-0.15, -0.1) is 0 Å². The molecular weight excluding hydrogens is 188 g/mol. The van der Waals surface area contributed by atoms with Crippen LogP contribution in [0.5, 0.6) is 0 Å². The maximum atomic E-state index is 9.22. The molecule has 1 aliphatic rings. The zero-order chi connectivity index (χ0) is 11.4. The van der Waals surface area contributed by atoms with Gasteiger partial charge >= 0.3 is 0 Å². The van der Waals surface area contributed by atoms with E-state index in [0.29, 0.717) is 18.7 Å². The van der Waals surface area contributed by atoms with Crippen LogP contribution in [0, 0.1) is 5.92 Å². The molecule has 1 fully saturated rings. The van der Waals surface area contributed by atoms with E-state index < -0.39 is 0 Å². The van der Waals surface area contributed by atoms with Crippen LogP contribution in [0.25, 0.3) is 0 Å². The van der Waals surface area contributed by atoms with E-state index in [1.807, 2.05) is 0 Å². The quantitative estimate of drug-likeness (QED) is 0.533. The van der Waals surface area contributed by atoms with Crippen LogP contribution in [0.1, 0.15) is 33.6 Å². The van der Waals surface area contributed by atoms with Gasteiger partial charge in [-0.3, -0.25) is 0 Å². The van der Waals surface area contributed by atoms with Crippen LogP contribution in [0.4, 0.5) is 0 Å². The highest BCUT2D eigenvalue weighted by Crippen LogP contribution is 2.08. The minimum atomic E-state index is 0.316. The van der Waals surface area contributed by atoms with E-state index in [-0.39, 0.29) is 0 Å². The summed E-state index contributed by atoms with van der Waals surface area (Å²) in [5.74, 6) is 0.766. The smallest absolute Gasteiger partial charge is 0.109 e. The van der Waals surface area contributed by atoms with Crippen LogP contribution in [0.3, 0.4) is 0 Å². The molecule has 0 aromatic carbocycles. The zero-order valence-electron chi connectivity index (χ0n) is 10.7. The number of likely N-dealkylation sites (tertiary alicyclic amines) is 1. The van der Waals surface area contributed by atoms with Crippen molar-refractivity contribution in [1.82, 2.24) is 0 Å². The first-order chi connectivity index (χ1) is 7.08. The third-order valence-electron chi connectivity index (χ3n) is 4.12. The third-order valence-corrected chi connectivity index (χ3v) is 4.12. The Kier molecular flexibility index (Phi) is 5.03. The van der Waals surface area contributed by atoms with Gasteiger partial charge in [-0.05, 0) is 13.3 Å². The summed E-state index contributed by atoms with van der Waals surface area (Å²) in [4.78, 5) is 1.66. The fourth-order valence-corrected chi connectivity index (χ4v) is 2.65. The molecule has 0 aromatic heterocycles. The van der Waals surface area contributed by atoms with E-state index in [2.05, 4.69) is 33.1 Å². The molecule has 0 radical (unpaired) electrons. The number of rotatable bonds is 4. The van der Waals surface area contributed by atoms with E-state index in [9.17, 15) is 5.11 Å². The molecule has 3 nitrogen and oxygen atoms in total. The van der Waals surface area contributed by atoms with Crippen molar-refractivity contribution in [3.05, 3.63) is 0 Å². The molecule has 0 saturated carbocycles. The fourth-order valence-electron chi connectivity index (χ4n) is 2.65. The van der Waals surface area contributed by atoms with E-state index in [1.54, 1.807) is 4.90 Å². The van der Waals surface area contributed by atoms with Crippen molar-refractivity contribution in [2.75, 3.05) is 20.2 Å². The molecule has 1 saturated heterocycles. The molecule has 0 aromatic rings. The van der Waals surface area contributed by atoms with Crippen molar-refractivity contribution in [1.29, 1.82) is 0 Å². The van der Waals surface area contributed by atoms with Crippen molar-refractivity contribution >= 4 is 0 Å². The molecule has 15 heavy (non-hydrogen) atoms. The summed E-state index contributed by atoms with van der Waals surface area (Å²) in [5.41, 5.74) is 0. The molecule has 1 heterocycles. The number of nitrogens with one attached hydrogen (secondary N) is 1. The number of hydrogen-bond donors (Lipinski definition) is 3. The summed E-state index contributed by atoms with van der Waals surface area (Å²) in [6, 6.07) is 1.88. The molecule has 0 amide bonds. The molecule has 1 aliphatic heterocycles. The normalized spacial score (nSPS) is 39.0. The Bertz CT molecular complexity index is 182. The topological polar surface area (TPSA) is 41.3 Å². The molecule has 4 N–H and O–H groups in total. The van der Waals surface area contributed by atoms with Crippen LogP contribution in [-0.4, -0.2) is 43.4 Å². The molecule has 3 heteroatoms. The van der Waals surface area contributed by atoms with Gasteiger partial charge in [0.2, 0.25) is 0 Å². The first-order valence-corrected chi connectivity index (χ1v) is 6.36. The van der Waals surface area contributed by atoms with Crippen molar-refractivity contribution in [3.63, 3.8) is 0 Å². The monoisotopic (exact) mass is 216 g/mol. The summed E-state index contributed by atoms with van der Waals surface area (Å²) in [6.07, 6.45) is 2.35. The van der Waals surface area contributed by atoms with Gasteiger partial charge in [0, 0.05) is 0 Å². The summed E-state index contributed by atoms with van der Waals surface area (Å²) >= 11 is 0. The second kappa shape index (κ2) is 5.83. The second-order valence-corrected chi connectivity index (χ2v) is 5.37. The molecule has 0 spiro atoms. The fraction of sp³-hybridized carbons (Fsp3) is 1.00. The van der Waals surface area contributed by atoms with Gasteiger partial charge < -0.3 is 15.3 Å². The molecular formula is C12H28N2O+2. The van der Waals surface area contributed by atoms with E-state index in [4.69, 9.17) is 0 Å². The lowest BCUT2D eigenvalue weighted by atomic mass is 9.89. The number of aliphatic hydroxyl groups is 1. The van der Waals surface area contributed by atoms with Gasteiger partial charge in [0.15, 0.2) is 0 Å². The van der Waals surface area contributed by atoms with E-state index in [1.165, 1.54) is 13.0 Å². The summed E-state index contributed by atoms with van der Waals surface area (Å²) in [7, 11) is 2.29. The van der Waals surface area contributed by atoms with Crippen LogP contribution in [-0.2, 0) is 0 Å². The van der Waals surface area contributed by atoms with Gasteiger partial charge in [0.05, 0.1) is 44.6 Å². The Morgan fingerprint density at radius 2 is 2.13 bits per heavy atom. The van der Waals surface area contributed by atoms with Gasteiger partial charge in [0.1, 0.15) is 6.04 Å². The molecule has 5 atom stereocenters. The SMILES string of the molecule is CC[C@H](CO)[NH2+][C@H]1C[C@H](C)[NH+](C)C[C@@H]1C. The van der Waals surface area contributed by atoms with Crippen LogP contribution < -0.4 is 10.2 Å². The predicted octanol–water partition coefficient (Wildman–Crippen LogP) is -1.37. The van der Waals surface area contributed by atoms with E-state index >= 15 is 0 Å². The average Bonchev–Trinajstić information content (AvgIpc) is 2.21. The number of hydrogen-bond acceptors (Lipinski definition) is 1. The number of aliphatic hydroxyl groups excluding tert-OH is 1. The number of piperidine rings is 1. The van der Waals surface area contributed by atoms with Gasteiger partial charge in [-0.1, -0.05) is 13.8 Å². The van der Waals surface area contributed by atoms with Crippen LogP contribution >= 0.6 is 0 Å². The second-order valence-electron chi connectivity index (χ2n) is 5.37. The minimum Gasteiger partial charge on any atom is -0.390 e. The first-order valence-electron chi connectivity index (χ1n) is 6.36. The molecule has 0 aliphatic carbocycles. The van der Waals surface area contributed by atoms with Gasteiger partial charge in [0.25, 0.3) is 0 Å². The highest BCUT2D eigenvalue weighted by molar-refractivity contribution is 4.71. The Morgan fingerprint density at radius 1 is 1.47 bits per heavy atom. The zero-order valence-corrected chi connectivity index (χ0v) is 10.7. The number of nitrogens with two attached hydrogens (primary N) is 1. The highest BCUT2D eigenvalue weighted by Gasteiger charge is 2.35. The minimum absolute atomic E-state index is 0.316. The predicted molar refractivity (Wildman–Crippen MR) is 61.9 cm³/mol. The summed E-state index contributed by atoms with van der Waals surface area (Å²) in [5, 5.41) is 11.6. The van der Waals surface area contributed by atoms with Crippen molar-refractivity contribution < 1.29 is 15.3 Å². The molecule has 1 unspecified atom stereocenters. The third kappa shape index (κ3) is 3.44. The standard InChI is InChI=1S/C12H26N2O/c1-5-11(8-15)13-12-6-10(3)14(4)7-9(12)2/h9-13,15H,5-8H2,1-4H3/p+2/t9-,10-,11+,12-/m0/s1.